The van der Waals surface area contributed by atoms with Gasteiger partial charge in [0.05, 0.1) is 9.82 Å². The minimum Gasteiger partial charge on any atom is -0.258 e. The third-order valence-electron chi connectivity index (χ3n) is 3.13. The number of benzene rings is 1. The molecule has 118 valence electrons. The molecule has 1 rings (SSSR count). The molecule has 0 aliphatic rings. The second kappa shape index (κ2) is 7.51. The molecule has 1 aromatic rings. The fourth-order valence-corrected chi connectivity index (χ4v) is 3.25. The van der Waals surface area contributed by atoms with E-state index in [0.29, 0.717) is 5.92 Å². The third-order valence-corrected chi connectivity index (χ3v) is 4.74. The zero-order chi connectivity index (χ0) is 16.0. The van der Waals surface area contributed by atoms with Crippen molar-refractivity contribution in [2.24, 2.45) is 5.92 Å². The van der Waals surface area contributed by atoms with Crippen molar-refractivity contribution in [2.75, 3.05) is 0 Å². The number of hydrogen-bond acceptors (Lipinski definition) is 4. The molecule has 6 nitrogen and oxygen atoms in total. The summed E-state index contributed by atoms with van der Waals surface area (Å²) >= 11 is 0. The summed E-state index contributed by atoms with van der Waals surface area (Å²) < 4.78 is 26.9. The van der Waals surface area contributed by atoms with E-state index in [1.807, 2.05) is 6.92 Å². The van der Waals surface area contributed by atoms with Gasteiger partial charge in [-0.25, -0.2) is 13.1 Å². The number of nitrogens with one attached hydrogen (secondary N) is 1. The first kappa shape index (κ1) is 17.6. The lowest BCUT2D eigenvalue weighted by molar-refractivity contribution is -0.384. The highest BCUT2D eigenvalue weighted by molar-refractivity contribution is 7.89. The first-order valence-electron chi connectivity index (χ1n) is 6.99. The van der Waals surface area contributed by atoms with Gasteiger partial charge in [0.2, 0.25) is 10.0 Å². The minimum absolute atomic E-state index is 0.0452. The lowest BCUT2D eigenvalue weighted by atomic mass is 10.0. The molecule has 0 heterocycles. The molecule has 0 fully saturated rings. The van der Waals surface area contributed by atoms with Crippen LogP contribution in [0.4, 0.5) is 5.69 Å². The topological polar surface area (TPSA) is 89.3 Å². The molecule has 0 bridgehead atoms. The zero-order valence-electron chi connectivity index (χ0n) is 12.6. The van der Waals surface area contributed by atoms with E-state index in [1.165, 1.54) is 24.3 Å². The van der Waals surface area contributed by atoms with E-state index < -0.39 is 14.9 Å². The average Bonchev–Trinajstić information content (AvgIpc) is 2.37. The Hall–Kier alpha value is -1.47. The van der Waals surface area contributed by atoms with Gasteiger partial charge in [-0.15, -0.1) is 0 Å². The van der Waals surface area contributed by atoms with Gasteiger partial charge >= 0.3 is 0 Å². The molecule has 0 unspecified atom stereocenters. The van der Waals surface area contributed by atoms with Crippen molar-refractivity contribution in [2.45, 2.75) is 51.0 Å². The molecule has 7 heteroatoms. The first-order chi connectivity index (χ1) is 9.72. The standard InChI is InChI=1S/C14H22N2O4S/c1-11(2)5-4-6-12(3)15-21(19,20)14-9-7-13(8-10-14)16(17)18/h7-12,15H,4-6H2,1-3H3/t12-/m1/s1. The highest BCUT2D eigenvalue weighted by Gasteiger charge is 2.18. The number of nitro benzene ring substituents is 1. The summed E-state index contributed by atoms with van der Waals surface area (Å²) in [6.07, 6.45) is 2.79. The zero-order valence-corrected chi connectivity index (χ0v) is 13.4. The molecule has 0 aliphatic carbocycles. The molecule has 21 heavy (non-hydrogen) atoms. The molecule has 1 aromatic carbocycles. The van der Waals surface area contributed by atoms with Gasteiger partial charge < -0.3 is 0 Å². The summed E-state index contributed by atoms with van der Waals surface area (Å²) in [4.78, 5) is 10.0. The number of non-ortho nitro benzene ring substituents is 1. The van der Waals surface area contributed by atoms with E-state index in [9.17, 15) is 18.5 Å². The molecular weight excluding hydrogens is 292 g/mol. The second-order valence-corrected chi connectivity index (χ2v) is 7.31. The second-order valence-electron chi connectivity index (χ2n) is 5.60. The number of nitro groups is 1. The summed E-state index contributed by atoms with van der Waals surface area (Å²) in [6, 6.07) is 4.72. The van der Waals surface area contributed by atoms with E-state index in [0.717, 1.165) is 19.3 Å². The highest BCUT2D eigenvalue weighted by Crippen LogP contribution is 2.17. The molecule has 0 saturated carbocycles. The maximum Gasteiger partial charge on any atom is 0.269 e. The smallest absolute Gasteiger partial charge is 0.258 e. The van der Waals surface area contributed by atoms with Crippen LogP contribution in [0.2, 0.25) is 0 Å². The van der Waals surface area contributed by atoms with Crippen molar-refractivity contribution in [1.82, 2.24) is 4.72 Å². The Balaban J connectivity index is 2.66. The summed E-state index contributed by atoms with van der Waals surface area (Å²) in [5.74, 6) is 0.600. The monoisotopic (exact) mass is 314 g/mol. The molecule has 1 N–H and O–H groups in total. The molecule has 0 aliphatic heterocycles. The van der Waals surface area contributed by atoms with E-state index in [-0.39, 0.29) is 16.6 Å². The van der Waals surface area contributed by atoms with Gasteiger partial charge in [-0.1, -0.05) is 26.7 Å². The molecule has 0 saturated heterocycles. The van der Waals surface area contributed by atoms with E-state index in [2.05, 4.69) is 18.6 Å². The molecule has 0 amide bonds. The molecular formula is C14H22N2O4S. The number of sulfonamides is 1. The number of hydrogen-bond donors (Lipinski definition) is 1. The summed E-state index contributed by atoms with van der Waals surface area (Å²) in [6.45, 7) is 6.08. The van der Waals surface area contributed by atoms with Gasteiger partial charge in [-0.3, -0.25) is 10.1 Å². The van der Waals surface area contributed by atoms with Crippen LogP contribution in [-0.4, -0.2) is 19.4 Å². The van der Waals surface area contributed by atoms with Crippen molar-refractivity contribution in [3.05, 3.63) is 34.4 Å². The van der Waals surface area contributed by atoms with Crippen LogP contribution in [0.1, 0.15) is 40.0 Å². The van der Waals surface area contributed by atoms with Crippen LogP contribution in [0.25, 0.3) is 0 Å². The van der Waals surface area contributed by atoms with Crippen LogP contribution in [-0.2, 0) is 10.0 Å². The largest absolute Gasteiger partial charge is 0.269 e. The Bertz CT molecular complexity index is 567. The maximum absolute atomic E-state index is 12.1. The van der Waals surface area contributed by atoms with Gasteiger partial charge in [0.15, 0.2) is 0 Å². The van der Waals surface area contributed by atoms with Crippen molar-refractivity contribution in [3.8, 4) is 0 Å². The predicted octanol–water partition coefficient (Wildman–Crippen LogP) is 3.09. The van der Waals surface area contributed by atoms with Crippen molar-refractivity contribution in [3.63, 3.8) is 0 Å². The summed E-state index contributed by atoms with van der Waals surface area (Å²) in [7, 11) is -3.63. The van der Waals surface area contributed by atoms with Crippen LogP contribution >= 0.6 is 0 Å². The average molecular weight is 314 g/mol. The van der Waals surface area contributed by atoms with Gasteiger partial charge in [0, 0.05) is 18.2 Å². The fourth-order valence-electron chi connectivity index (χ4n) is 1.97. The van der Waals surface area contributed by atoms with Crippen LogP contribution in [0.3, 0.4) is 0 Å². The normalized spacial score (nSPS) is 13.3. The van der Waals surface area contributed by atoms with Crippen molar-refractivity contribution >= 4 is 15.7 Å². The predicted molar refractivity (Wildman–Crippen MR) is 81.6 cm³/mol. The van der Waals surface area contributed by atoms with Crippen LogP contribution in [0.5, 0.6) is 0 Å². The number of rotatable bonds is 8. The highest BCUT2D eigenvalue weighted by atomic mass is 32.2. The summed E-state index contributed by atoms with van der Waals surface area (Å²) in [5, 5.41) is 10.6. The van der Waals surface area contributed by atoms with Crippen LogP contribution in [0, 0.1) is 16.0 Å². The number of nitrogens with zero attached hydrogens (tertiary/aromatic N) is 1. The van der Waals surface area contributed by atoms with Crippen molar-refractivity contribution in [1.29, 1.82) is 0 Å². The minimum atomic E-state index is -3.63. The van der Waals surface area contributed by atoms with Gasteiger partial charge in [-0.05, 0) is 31.4 Å². The molecule has 0 radical (unpaired) electrons. The van der Waals surface area contributed by atoms with Gasteiger partial charge in [0.1, 0.15) is 0 Å². The van der Waals surface area contributed by atoms with Crippen LogP contribution in [0.15, 0.2) is 29.2 Å². The van der Waals surface area contributed by atoms with E-state index in [1.54, 1.807) is 0 Å². The molecule has 0 aromatic heterocycles. The SMILES string of the molecule is CC(C)CCC[C@@H](C)NS(=O)(=O)c1ccc([N+](=O)[O-])cc1. The quantitative estimate of drug-likeness (QED) is 0.590. The van der Waals surface area contributed by atoms with Crippen molar-refractivity contribution < 1.29 is 13.3 Å². The fraction of sp³-hybridized carbons (Fsp3) is 0.571. The maximum atomic E-state index is 12.1. The summed E-state index contributed by atoms with van der Waals surface area (Å²) in [5.41, 5.74) is -0.126. The van der Waals surface area contributed by atoms with Gasteiger partial charge in [0.25, 0.3) is 5.69 Å². The molecule has 0 spiro atoms. The third kappa shape index (κ3) is 5.81. The molecule has 1 atom stereocenters. The first-order valence-corrected chi connectivity index (χ1v) is 8.47. The Morgan fingerprint density at radius 2 is 1.71 bits per heavy atom. The van der Waals surface area contributed by atoms with Crippen LogP contribution < -0.4 is 4.72 Å². The van der Waals surface area contributed by atoms with Gasteiger partial charge in [-0.2, -0.15) is 0 Å². The lowest BCUT2D eigenvalue weighted by Crippen LogP contribution is -2.32. The van der Waals surface area contributed by atoms with E-state index in [4.69, 9.17) is 0 Å². The Kier molecular flexibility index (Phi) is 6.29. The Labute approximate surface area is 125 Å². The lowest BCUT2D eigenvalue weighted by Gasteiger charge is -2.14. The Morgan fingerprint density at radius 3 is 2.19 bits per heavy atom. The Morgan fingerprint density at radius 1 is 1.14 bits per heavy atom. The van der Waals surface area contributed by atoms with E-state index >= 15 is 0 Å².